The van der Waals surface area contributed by atoms with Crippen LogP contribution >= 0.6 is 0 Å². The molecule has 1 heterocycles. The number of carboxylic acid groups (broad SMARTS) is 1. The van der Waals surface area contributed by atoms with Crippen molar-refractivity contribution in [2.75, 3.05) is 20.2 Å². The molecule has 20 heavy (non-hydrogen) atoms. The van der Waals surface area contributed by atoms with Crippen molar-refractivity contribution in [1.82, 2.24) is 9.88 Å². The van der Waals surface area contributed by atoms with Crippen molar-refractivity contribution >= 4 is 11.7 Å². The largest absolute Gasteiger partial charge is 0.477 e. The van der Waals surface area contributed by atoms with E-state index in [9.17, 15) is 14.9 Å². The maximum atomic E-state index is 11.0. The first-order valence-corrected chi connectivity index (χ1v) is 6.20. The van der Waals surface area contributed by atoms with E-state index in [1.807, 2.05) is 7.05 Å². The number of nitrogens with zero attached hydrogens (tertiary/aromatic N) is 3. The lowest BCUT2D eigenvalue weighted by molar-refractivity contribution is -0.385. The van der Waals surface area contributed by atoms with Gasteiger partial charge in [-0.2, -0.15) is 0 Å². The molecule has 0 spiro atoms. The van der Waals surface area contributed by atoms with Gasteiger partial charge >= 0.3 is 11.7 Å². The Balaban J connectivity index is 1.99. The van der Waals surface area contributed by atoms with E-state index in [2.05, 4.69) is 9.88 Å². The van der Waals surface area contributed by atoms with Gasteiger partial charge in [-0.1, -0.05) is 0 Å². The number of carbonyl (C=O) groups is 1. The second kappa shape index (κ2) is 5.83. The van der Waals surface area contributed by atoms with E-state index in [0.29, 0.717) is 19.2 Å². The molecule has 108 valence electrons. The normalized spacial score (nSPS) is 14.3. The summed E-state index contributed by atoms with van der Waals surface area (Å²) in [6.07, 6.45) is 3.29. The van der Waals surface area contributed by atoms with Gasteiger partial charge in [-0.25, -0.2) is 9.78 Å². The highest BCUT2D eigenvalue weighted by molar-refractivity contribution is 5.92. The first kappa shape index (κ1) is 14.2. The average Bonchev–Trinajstić information content (AvgIpc) is 3.22. The highest BCUT2D eigenvalue weighted by atomic mass is 16.6. The van der Waals surface area contributed by atoms with Gasteiger partial charge in [-0.05, 0) is 19.9 Å². The fourth-order valence-electron chi connectivity index (χ4n) is 1.82. The number of nitro groups is 1. The summed E-state index contributed by atoms with van der Waals surface area (Å²) in [6, 6.07) is 1.69. The summed E-state index contributed by atoms with van der Waals surface area (Å²) < 4.78 is 5.34. The quantitative estimate of drug-likeness (QED) is 0.590. The van der Waals surface area contributed by atoms with Crippen LogP contribution in [0.1, 0.15) is 23.2 Å². The van der Waals surface area contributed by atoms with Gasteiger partial charge in [0, 0.05) is 18.7 Å². The number of likely N-dealkylation sites (N-methyl/N-ethyl adjacent to an activating group) is 1. The standard InChI is InChI=1S/C12H15N3O5/c1-14(8-2-3-8)4-5-20-11-6-9(12(16)17)10(7-13-11)15(18)19/h6-8H,2-5H2,1H3,(H,16,17). The van der Waals surface area contributed by atoms with E-state index in [-0.39, 0.29) is 5.88 Å². The van der Waals surface area contributed by atoms with Crippen molar-refractivity contribution in [2.24, 2.45) is 0 Å². The molecule has 0 aliphatic heterocycles. The number of rotatable bonds is 7. The van der Waals surface area contributed by atoms with Crippen LogP contribution in [0.4, 0.5) is 5.69 Å². The fourth-order valence-corrected chi connectivity index (χ4v) is 1.82. The highest BCUT2D eigenvalue weighted by Gasteiger charge is 2.26. The number of hydrogen-bond acceptors (Lipinski definition) is 6. The molecule has 0 atom stereocenters. The third-order valence-corrected chi connectivity index (χ3v) is 3.15. The molecule has 8 nitrogen and oxygen atoms in total. The molecule has 2 rings (SSSR count). The third-order valence-electron chi connectivity index (χ3n) is 3.15. The summed E-state index contributed by atoms with van der Waals surface area (Å²) in [5.41, 5.74) is -0.963. The topological polar surface area (TPSA) is 106 Å². The first-order chi connectivity index (χ1) is 9.49. The summed E-state index contributed by atoms with van der Waals surface area (Å²) in [5, 5.41) is 19.6. The second-order valence-electron chi connectivity index (χ2n) is 4.66. The summed E-state index contributed by atoms with van der Waals surface area (Å²) in [4.78, 5) is 26.8. The molecule has 0 radical (unpaired) electrons. The molecule has 1 saturated carbocycles. The van der Waals surface area contributed by atoms with Gasteiger partial charge in [-0.15, -0.1) is 0 Å². The van der Waals surface area contributed by atoms with Crippen LogP contribution in [-0.4, -0.2) is 52.1 Å². The van der Waals surface area contributed by atoms with Crippen molar-refractivity contribution in [1.29, 1.82) is 0 Å². The molecule has 0 unspecified atom stereocenters. The van der Waals surface area contributed by atoms with Crippen LogP contribution in [0, 0.1) is 10.1 Å². The number of ether oxygens (including phenoxy) is 1. The Kier molecular flexibility index (Phi) is 4.14. The number of hydrogen-bond donors (Lipinski definition) is 1. The first-order valence-electron chi connectivity index (χ1n) is 6.20. The maximum absolute atomic E-state index is 11.0. The van der Waals surface area contributed by atoms with Gasteiger partial charge in [0.15, 0.2) is 0 Å². The van der Waals surface area contributed by atoms with Gasteiger partial charge in [0.05, 0.1) is 4.92 Å². The van der Waals surface area contributed by atoms with Crippen LogP contribution in [0.2, 0.25) is 0 Å². The van der Waals surface area contributed by atoms with Crippen molar-refractivity contribution in [3.05, 3.63) is 27.9 Å². The summed E-state index contributed by atoms with van der Waals surface area (Å²) in [7, 11) is 1.99. The summed E-state index contributed by atoms with van der Waals surface area (Å²) >= 11 is 0. The lowest BCUT2D eigenvalue weighted by Crippen LogP contribution is -2.26. The van der Waals surface area contributed by atoms with Crippen molar-refractivity contribution in [3.8, 4) is 5.88 Å². The van der Waals surface area contributed by atoms with Crippen LogP contribution in [0.5, 0.6) is 5.88 Å². The summed E-state index contributed by atoms with van der Waals surface area (Å²) in [6.45, 7) is 1.06. The molecular weight excluding hydrogens is 266 g/mol. The van der Waals surface area contributed by atoms with Crippen molar-refractivity contribution < 1.29 is 19.6 Å². The zero-order chi connectivity index (χ0) is 14.7. The van der Waals surface area contributed by atoms with Gasteiger partial charge in [0.25, 0.3) is 0 Å². The Morgan fingerprint density at radius 1 is 1.65 bits per heavy atom. The molecular formula is C12H15N3O5. The fraction of sp³-hybridized carbons (Fsp3) is 0.500. The van der Waals surface area contributed by atoms with Crippen molar-refractivity contribution in [3.63, 3.8) is 0 Å². The minimum atomic E-state index is -1.38. The Bertz CT molecular complexity index is 530. The zero-order valence-corrected chi connectivity index (χ0v) is 11.0. The second-order valence-corrected chi connectivity index (χ2v) is 4.66. The Morgan fingerprint density at radius 3 is 2.90 bits per heavy atom. The molecule has 1 aliphatic carbocycles. The molecule has 1 fully saturated rings. The maximum Gasteiger partial charge on any atom is 0.342 e. The molecule has 0 saturated heterocycles. The van der Waals surface area contributed by atoms with E-state index in [1.54, 1.807) is 0 Å². The monoisotopic (exact) mass is 281 g/mol. The smallest absolute Gasteiger partial charge is 0.342 e. The SMILES string of the molecule is CN(CCOc1cc(C(=O)O)c([N+](=O)[O-])cn1)C1CC1. The molecule has 1 aromatic heterocycles. The predicted octanol–water partition coefficient (Wildman–Crippen LogP) is 1.16. The third kappa shape index (κ3) is 3.41. The lowest BCUT2D eigenvalue weighted by atomic mass is 10.2. The predicted molar refractivity (Wildman–Crippen MR) is 69.0 cm³/mol. The van der Waals surface area contributed by atoms with Crippen LogP contribution in [0.3, 0.4) is 0 Å². The number of aromatic nitrogens is 1. The average molecular weight is 281 g/mol. The number of aromatic carboxylic acids is 1. The van der Waals surface area contributed by atoms with E-state index in [1.165, 1.54) is 12.8 Å². The van der Waals surface area contributed by atoms with E-state index in [4.69, 9.17) is 9.84 Å². The van der Waals surface area contributed by atoms with Crippen LogP contribution in [-0.2, 0) is 0 Å². The lowest BCUT2D eigenvalue weighted by Gasteiger charge is -2.15. The van der Waals surface area contributed by atoms with E-state index >= 15 is 0 Å². The Morgan fingerprint density at radius 2 is 2.35 bits per heavy atom. The summed E-state index contributed by atoms with van der Waals surface area (Å²) in [5.74, 6) is -1.30. The van der Waals surface area contributed by atoms with Gasteiger partial charge in [-0.3, -0.25) is 10.1 Å². The van der Waals surface area contributed by atoms with Crippen LogP contribution in [0.15, 0.2) is 12.3 Å². The molecule has 1 aliphatic rings. The number of pyridine rings is 1. The van der Waals surface area contributed by atoms with Gasteiger partial charge in [0.2, 0.25) is 5.88 Å². The molecule has 0 bridgehead atoms. The number of carboxylic acids is 1. The molecule has 1 aromatic rings. The van der Waals surface area contributed by atoms with Gasteiger partial charge in [0.1, 0.15) is 18.4 Å². The molecule has 0 aromatic carbocycles. The molecule has 0 amide bonds. The van der Waals surface area contributed by atoms with Crippen LogP contribution in [0.25, 0.3) is 0 Å². The Labute approximate surface area is 115 Å². The van der Waals surface area contributed by atoms with Gasteiger partial charge < -0.3 is 14.7 Å². The van der Waals surface area contributed by atoms with E-state index in [0.717, 1.165) is 12.3 Å². The molecule has 8 heteroatoms. The minimum absolute atomic E-state index is 0.0807. The van der Waals surface area contributed by atoms with E-state index < -0.39 is 22.1 Å². The Hall–Kier alpha value is -2.22. The zero-order valence-electron chi connectivity index (χ0n) is 11.0. The van der Waals surface area contributed by atoms with Crippen LogP contribution < -0.4 is 4.74 Å². The highest BCUT2D eigenvalue weighted by Crippen LogP contribution is 2.25. The van der Waals surface area contributed by atoms with Crippen molar-refractivity contribution in [2.45, 2.75) is 18.9 Å². The minimum Gasteiger partial charge on any atom is -0.477 e. The molecule has 1 N–H and O–H groups in total.